The Hall–Kier alpha value is -1.59. The molecule has 0 aliphatic heterocycles. The smallest absolute Gasteiger partial charge is 0.306 e. The molecule has 0 heterocycles. The normalized spacial score (nSPS) is 11.9. The van der Waals surface area contributed by atoms with Crippen molar-refractivity contribution in [3.05, 3.63) is 0 Å². The first-order valence-corrected chi connectivity index (χ1v) is 25.9. The molecule has 0 saturated heterocycles. The Kier molecular flexibility index (Phi) is 45.2. The van der Waals surface area contributed by atoms with Gasteiger partial charge in [0, 0.05) is 19.3 Å². The van der Waals surface area contributed by atoms with Crippen LogP contribution in [0.2, 0.25) is 0 Å². The standard InChI is InChI=1S/C52H100O6/c1-5-7-9-11-12-13-14-15-16-20-24-27-30-33-37-41-45-52(55)58-49(46-56-50(53)43-39-34-10-8-6-2)47-57-51(54)44-40-36-32-29-26-23-21-18-17-19-22-25-28-31-35-38-42-48(3)4/h48-49H,5-47H2,1-4H3/t49-/m1/s1. The average Bonchev–Trinajstić information content (AvgIpc) is 3.21. The number of hydrogen-bond acceptors (Lipinski definition) is 6. The maximum atomic E-state index is 12.7. The fraction of sp³-hybridized carbons (Fsp3) is 0.942. The number of unbranched alkanes of at least 4 members (excludes halogenated alkanes) is 34. The number of ether oxygens (including phenoxy) is 3. The SMILES string of the molecule is CCCCCCCCCCCCCCCCCCC(=O)O[C@H](COC(=O)CCCCCCC)COC(=O)CCCCCCCCCCCCCCCCCCC(C)C. The fourth-order valence-electron chi connectivity index (χ4n) is 7.86. The van der Waals surface area contributed by atoms with Crippen molar-refractivity contribution in [3.8, 4) is 0 Å². The maximum Gasteiger partial charge on any atom is 0.306 e. The summed E-state index contributed by atoms with van der Waals surface area (Å²) in [6.45, 7) is 8.97. The van der Waals surface area contributed by atoms with E-state index >= 15 is 0 Å². The number of carbonyl (C=O) groups is 3. The molecule has 6 heteroatoms. The van der Waals surface area contributed by atoms with Gasteiger partial charge in [0.1, 0.15) is 13.2 Å². The summed E-state index contributed by atoms with van der Waals surface area (Å²) in [5.41, 5.74) is 0. The minimum atomic E-state index is -0.758. The van der Waals surface area contributed by atoms with Crippen molar-refractivity contribution in [1.82, 2.24) is 0 Å². The van der Waals surface area contributed by atoms with Gasteiger partial charge in [-0.15, -0.1) is 0 Å². The van der Waals surface area contributed by atoms with Gasteiger partial charge in [-0.3, -0.25) is 14.4 Å². The molecule has 0 rings (SSSR count). The summed E-state index contributed by atoms with van der Waals surface area (Å²) >= 11 is 0. The zero-order valence-electron chi connectivity index (χ0n) is 39.5. The zero-order valence-corrected chi connectivity index (χ0v) is 39.5. The lowest BCUT2D eigenvalue weighted by Crippen LogP contribution is -2.30. The predicted molar refractivity (Wildman–Crippen MR) is 247 cm³/mol. The molecule has 0 spiro atoms. The van der Waals surface area contributed by atoms with Crippen molar-refractivity contribution < 1.29 is 28.6 Å². The van der Waals surface area contributed by atoms with Crippen LogP contribution in [0.15, 0.2) is 0 Å². The van der Waals surface area contributed by atoms with E-state index < -0.39 is 6.10 Å². The van der Waals surface area contributed by atoms with Gasteiger partial charge >= 0.3 is 17.9 Å². The van der Waals surface area contributed by atoms with E-state index in [-0.39, 0.29) is 31.1 Å². The Morgan fingerprint density at radius 3 is 0.845 bits per heavy atom. The first-order chi connectivity index (χ1) is 28.4. The van der Waals surface area contributed by atoms with Crippen LogP contribution in [0.3, 0.4) is 0 Å². The molecule has 1 atom stereocenters. The zero-order chi connectivity index (χ0) is 42.4. The molecule has 0 radical (unpaired) electrons. The first kappa shape index (κ1) is 56.4. The van der Waals surface area contributed by atoms with Crippen LogP contribution in [-0.2, 0) is 28.6 Å². The molecule has 0 aromatic carbocycles. The predicted octanol–water partition coefficient (Wildman–Crippen LogP) is 16.7. The van der Waals surface area contributed by atoms with Gasteiger partial charge in [-0.2, -0.15) is 0 Å². The van der Waals surface area contributed by atoms with Gasteiger partial charge in [0.2, 0.25) is 0 Å². The van der Waals surface area contributed by atoms with Gasteiger partial charge in [0.25, 0.3) is 0 Å². The Bertz CT molecular complexity index is 872. The van der Waals surface area contributed by atoms with Crippen LogP contribution >= 0.6 is 0 Å². The van der Waals surface area contributed by atoms with Crippen LogP contribution in [0.5, 0.6) is 0 Å². The van der Waals surface area contributed by atoms with Crippen LogP contribution in [-0.4, -0.2) is 37.2 Å². The lowest BCUT2D eigenvalue weighted by molar-refractivity contribution is -0.167. The molecule has 0 aromatic rings. The molecule has 0 fully saturated rings. The van der Waals surface area contributed by atoms with Crippen molar-refractivity contribution in [2.45, 2.75) is 297 Å². The summed E-state index contributed by atoms with van der Waals surface area (Å²) in [4.78, 5) is 37.6. The summed E-state index contributed by atoms with van der Waals surface area (Å²) in [6.07, 6.45) is 48.4. The minimum absolute atomic E-state index is 0.0637. The Morgan fingerprint density at radius 2 is 0.569 bits per heavy atom. The largest absolute Gasteiger partial charge is 0.462 e. The molecule has 0 aliphatic rings. The minimum Gasteiger partial charge on any atom is -0.462 e. The van der Waals surface area contributed by atoms with E-state index in [1.54, 1.807) is 0 Å². The highest BCUT2D eigenvalue weighted by Crippen LogP contribution is 2.17. The highest BCUT2D eigenvalue weighted by molar-refractivity contribution is 5.71. The summed E-state index contributed by atoms with van der Waals surface area (Å²) in [6, 6.07) is 0. The van der Waals surface area contributed by atoms with Crippen molar-refractivity contribution in [2.24, 2.45) is 5.92 Å². The molecular formula is C52H100O6. The lowest BCUT2D eigenvalue weighted by Gasteiger charge is -2.18. The van der Waals surface area contributed by atoms with Crippen molar-refractivity contribution >= 4 is 17.9 Å². The molecule has 0 aromatic heterocycles. The number of carbonyl (C=O) groups excluding carboxylic acids is 3. The van der Waals surface area contributed by atoms with Gasteiger partial charge < -0.3 is 14.2 Å². The molecule has 344 valence electrons. The van der Waals surface area contributed by atoms with Gasteiger partial charge in [-0.05, 0) is 25.2 Å². The van der Waals surface area contributed by atoms with Crippen molar-refractivity contribution in [3.63, 3.8) is 0 Å². The first-order valence-electron chi connectivity index (χ1n) is 25.9. The summed E-state index contributed by atoms with van der Waals surface area (Å²) in [5.74, 6) is -0.00588. The molecule has 58 heavy (non-hydrogen) atoms. The quantitative estimate of drug-likeness (QED) is 0.0346. The third-order valence-electron chi connectivity index (χ3n) is 11.8. The van der Waals surface area contributed by atoms with Gasteiger partial charge in [-0.25, -0.2) is 0 Å². The highest BCUT2D eigenvalue weighted by atomic mass is 16.6. The van der Waals surface area contributed by atoms with Crippen molar-refractivity contribution in [2.75, 3.05) is 13.2 Å². The number of rotatable bonds is 47. The van der Waals surface area contributed by atoms with E-state index in [1.807, 2.05) is 0 Å². The van der Waals surface area contributed by atoms with Crippen LogP contribution in [0.1, 0.15) is 291 Å². The molecule has 0 N–H and O–H groups in total. The van der Waals surface area contributed by atoms with Gasteiger partial charge in [-0.1, -0.05) is 252 Å². The molecule has 0 bridgehead atoms. The summed E-state index contributed by atoms with van der Waals surface area (Å²) in [7, 11) is 0. The lowest BCUT2D eigenvalue weighted by atomic mass is 10.0. The van der Waals surface area contributed by atoms with Crippen molar-refractivity contribution in [1.29, 1.82) is 0 Å². The van der Waals surface area contributed by atoms with E-state index in [2.05, 4.69) is 27.7 Å². The van der Waals surface area contributed by atoms with E-state index in [1.165, 1.54) is 180 Å². The fourth-order valence-corrected chi connectivity index (χ4v) is 7.86. The van der Waals surface area contributed by atoms with Crippen LogP contribution in [0.25, 0.3) is 0 Å². The summed E-state index contributed by atoms with van der Waals surface area (Å²) in [5, 5.41) is 0. The van der Waals surface area contributed by atoms with Gasteiger partial charge in [0.05, 0.1) is 0 Å². The van der Waals surface area contributed by atoms with Crippen LogP contribution < -0.4 is 0 Å². The Labute approximate surface area is 361 Å². The Morgan fingerprint density at radius 1 is 0.328 bits per heavy atom. The van der Waals surface area contributed by atoms with E-state index in [0.29, 0.717) is 19.3 Å². The van der Waals surface area contributed by atoms with E-state index in [0.717, 1.165) is 70.1 Å². The Balaban J connectivity index is 4.09. The summed E-state index contributed by atoms with van der Waals surface area (Å²) < 4.78 is 16.7. The number of hydrogen-bond donors (Lipinski definition) is 0. The second-order valence-corrected chi connectivity index (χ2v) is 18.3. The third-order valence-corrected chi connectivity index (χ3v) is 11.8. The molecule has 0 amide bonds. The number of esters is 3. The molecular weight excluding hydrogens is 721 g/mol. The highest BCUT2D eigenvalue weighted by Gasteiger charge is 2.19. The average molecular weight is 821 g/mol. The third kappa shape index (κ3) is 45.5. The van der Waals surface area contributed by atoms with Crippen LogP contribution in [0, 0.1) is 5.92 Å². The molecule has 0 saturated carbocycles. The second-order valence-electron chi connectivity index (χ2n) is 18.3. The van der Waals surface area contributed by atoms with Crippen LogP contribution in [0.4, 0.5) is 0 Å². The molecule has 0 aliphatic carbocycles. The monoisotopic (exact) mass is 821 g/mol. The second kappa shape index (κ2) is 46.5. The maximum absolute atomic E-state index is 12.7. The van der Waals surface area contributed by atoms with E-state index in [9.17, 15) is 14.4 Å². The molecule has 6 nitrogen and oxygen atoms in total. The van der Waals surface area contributed by atoms with E-state index in [4.69, 9.17) is 14.2 Å². The van der Waals surface area contributed by atoms with Gasteiger partial charge in [0.15, 0.2) is 6.10 Å². The molecule has 0 unspecified atom stereocenters. The topological polar surface area (TPSA) is 78.9 Å².